The Bertz CT molecular complexity index is 1220. The summed E-state index contributed by atoms with van der Waals surface area (Å²) < 4.78 is 22.5. The van der Waals surface area contributed by atoms with E-state index in [-0.39, 0.29) is 13.4 Å². The number of nitrogens with zero attached hydrogens (tertiary/aromatic N) is 1. The maximum atomic E-state index is 9.70. The van der Waals surface area contributed by atoms with Gasteiger partial charge in [0.1, 0.15) is 6.61 Å². The van der Waals surface area contributed by atoms with Crippen molar-refractivity contribution in [2.45, 2.75) is 13.5 Å². The second kappa shape index (κ2) is 9.86. The van der Waals surface area contributed by atoms with E-state index in [2.05, 4.69) is 6.07 Å². The third-order valence-corrected chi connectivity index (χ3v) is 5.37. The zero-order chi connectivity index (χ0) is 22.5. The minimum Gasteiger partial charge on any atom is -0.490 e. The van der Waals surface area contributed by atoms with Gasteiger partial charge in [-0.3, -0.25) is 0 Å². The molecule has 3 aromatic carbocycles. The van der Waals surface area contributed by atoms with Crippen LogP contribution in [0.3, 0.4) is 0 Å². The third-order valence-electron chi connectivity index (χ3n) is 4.78. The molecule has 1 aliphatic heterocycles. The van der Waals surface area contributed by atoms with Crippen molar-refractivity contribution in [3.05, 3.63) is 81.3 Å². The molecule has 4 rings (SSSR count). The van der Waals surface area contributed by atoms with Crippen LogP contribution in [0.1, 0.15) is 23.6 Å². The number of hydrogen-bond acceptors (Lipinski definition) is 5. The lowest BCUT2D eigenvalue weighted by Gasteiger charge is -2.13. The van der Waals surface area contributed by atoms with Crippen LogP contribution in [0.25, 0.3) is 11.6 Å². The van der Waals surface area contributed by atoms with Crippen molar-refractivity contribution in [2.24, 2.45) is 0 Å². The van der Waals surface area contributed by atoms with Gasteiger partial charge in [-0.15, -0.1) is 0 Å². The van der Waals surface area contributed by atoms with Crippen LogP contribution in [0, 0.1) is 11.3 Å². The van der Waals surface area contributed by atoms with E-state index in [1.54, 1.807) is 30.3 Å². The summed E-state index contributed by atoms with van der Waals surface area (Å²) in [6.45, 7) is 2.82. The fourth-order valence-corrected chi connectivity index (χ4v) is 3.67. The monoisotopic (exact) mass is 467 g/mol. The summed E-state index contributed by atoms with van der Waals surface area (Å²) >= 11 is 12.2. The van der Waals surface area contributed by atoms with Crippen molar-refractivity contribution in [1.29, 1.82) is 5.26 Å². The Morgan fingerprint density at radius 1 is 1.00 bits per heavy atom. The van der Waals surface area contributed by atoms with E-state index in [0.717, 1.165) is 16.7 Å². The first-order chi connectivity index (χ1) is 15.6. The Morgan fingerprint density at radius 2 is 1.84 bits per heavy atom. The molecule has 0 saturated heterocycles. The lowest BCUT2D eigenvalue weighted by Crippen LogP contribution is -2.00. The van der Waals surface area contributed by atoms with Crippen molar-refractivity contribution < 1.29 is 18.9 Å². The molecule has 0 bridgehead atoms. The highest BCUT2D eigenvalue weighted by Crippen LogP contribution is 2.36. The van der Waals surface area contributed by atoms with Gasteiger partial charge in [0.05, 0.1) is 18.2 Å². The summed E-state index contributed by atoms with van der Waals surface area (Å²) in [5, 5.41) is 10.8. The molecule has 162 valence electrons. The van der Waals surface area contributed by atoms with Crippen LogP contribution in [-0.4, -0.2) is 13.4 Å². The van der Waals surface area contributed by atoms with Crippen LogP contribution in [0.4, 0.5) is 0 Å². The fourth-order valence-electron chi connectivity index (χ4n) is 3.21. The fraction of sp³-hybridized carbons (Fsp3) is 0.160. The first-order valence-electron chi connectivity index (χ1n) is 9.92. The molecule has 5 nitrogen and oxygen atoms in total. The van der Waals surface area contributed by atoms with Crippen molar-refractivity contribution in [3.8, 4) is 29.1 Å². The SMILES string of the molecule is CCOc1cc(/C=C(/C#N)c2ccc3c(c2)OCO3)ccc1OCc1ccc(Cl)cc1Cl. The molecule has 1 aliphatic rings. The van der Waals surface area contributed by atoms with Crippen LogP contribution < -0.4 is 18.9 Å². The minimum atomic E-state index is 0.185. The third kappa shape index (κ3) is 4.94. The summed E-state index contributed by atoms with van der Waals surface area (Å²) in [6, 6.07) is 18.5. The predicted octanol–water partition coefficient (Wildman–Crippen LogP) is 6.76. The summed E-state index contributed by atoms with van der Waals surface area (Å²) in [5.41, 5.74) is 2.86. The summed E-state index contributed by atoms with van der Waals surface area (Å²) in [5.74, 6) is 2.46. The van der Waals surface area contributed by atoms with Gasteiger partial charge in [0.15, 0.2) is 23.0 Å². The van der Waals surface area contributed by atoms with Gasteiger partial charge in [0.2, 0.25) is 6.79 Å². The number of halogens is 2. The Kier molecular flexibility index (Phi) is 6.75. The molecule has 0 aliphatic carbocycles. The Hall–Kier alpha value is -3.33. The number of hydrogen-bond donors (Lipinski definition) is 0. The van der Waals surface area contributed by atoms with Crippen molar-refractivity contribution in [3.63, 3.8) is 0 Å². The quantitative estimate of drug-likeness (QED) is 0.283. The molecule has 0 unspecified atom stereocenters. The maximum absolute atomic E-state index is 9.70. The first kappa shape index (κ1) is 21.9. The van der Waals surface area contributed by atoms with Gasteiger partial charge in [-0.2, -0.15) is 5.26 Å². The number of ether oxygens (including phenoxy) is 4. The van der Waals surface area contributed by atoms with E-state index in [9.17, 15) is 5.26 Å². The molecule has 0 spiro atoms. The summed E-state index contributed by atoms with van der Waals surface area (Å²) in [7, 11) is 0. The van der Waals surface area contributed by atoms with E-state index in [1.807, 2.05) is 37.3 Å². The highest BCUT2D eigenvalue weighted by Gasteiger charge is 2.15. The van der Waals surface area contributed by atoms with Gasteiger partial charge in [-0.1, -0.05) is 35.3 Å². The molecule has 0 radical (unpaired) electrons. The zero-order valence-corrected chi connectivity index (χ0v) is 18.7. The molecule has 7 heteroatoms. The Balaban J connectivity index is 1.58. The van der Waals surface area contributed by atoms with Gasteiger partial charge in [-0.25, -0.2) is 0 Å². The number of nitriles is 1. The van der Waals surface area contributed by atoms with E-state index in [0.29, 0.717) is 45.2 Å². The lowest BCUT2D eigenvalue weighted by atomic mass is 10.0. The number of rotatable bonds is 7. The number of benzene rings is 3. The lowest BCUT2D eigenvalue weighted by molar-refractivity contribution is 0.174. The molecule has 1 heterocycles. The Labute approximate surface area is 196 Å². The first-order valence-corrected chi connectivity index (χ1v) is 10.7. The predicted molar refractivity (Wildman–Crippen MR) is 124 cm³/mol. The van der Waals surface area contributed by atoms with Gasteiger partial charge in [-0.05, 0) is 66.6 Å². The standard InChI is InChI=1S/C25H19Cl2NO4/c1-2-29-24-10-16(3-7-22(24)30-14-18-4-6-20(26)12-21(18)27)9-19(13-28)17-5-8-23-25(11-17)32-15-31-23/h3-12H,2,14-15H2,1H3/b19-9-. The zero-order valence-electron chi connectivity index (χ0n) is 17.2. The van der Waals surface area contributed by atoms with Crippen molar-refractivity contribution >= 4 is 34.9 Å². The van der Waals surface area contributed by atoms with E-state index >= 15 is 0 Å². The number of allylic oxidation sites excluding steroid dienone is 1. The average molecular weight is 468 g/mol. The second-order valence-corrected chi connectivity index (χ2v) is 7.75. The average Bonchev–Trinajstić information content (AvgIpc) is 3.26. The highest BCUT2D eigenvalue weighted by atomic mass is 35.5. The van der Waals surface area contributed by atoms with Gasteiger partial charge >= 0.3 is 0 Å². The van der Waals surface area contributed by atoms with Crippen LogP contribution in [-0.2, 0) is 6.61 Å². The van der Waals surface area contributed by atoms with E-state index in [1.165, 1.54) is 0 Å². The largest absolute Gasteiger partial charge is 0.490 e. The summed E-state index contributed by atoms with van der Waals surface area (Å²) in [6.07, 6.45) is 1.79. The molecule has 0 amide bonds. The maximum Gasteiger partial charge on any atom is 0.231 e. The van der Waals surface area contributed by atoms with Gasteiger partial charge in [0.25, 0.3) is 0 Å². The Morgan fingerprint density at radius 3 is 2.62 bits per heavy atom. The van der Waals surface area contributed by atoms with Crippen molar-refractivity contribution in [2.75, 3.05) is 13.4 Å². The molecule has 3 aromatic rings. The van der Waals surface area contributed by atoms with Crippen LogP contribution in [0.5, 0.6) is 23.0 Å². The van der Waals surface area contributed by atoms with Crippen LogP contribution in [0.15, 0.2) is 54.6 Å². The minimum absolute atomic E-state index is 0.185. The normalized spacial score (nSPS) is 12.4. The van der Waals surface area contributed by atoms with Crippen LogP contribution in [0.2, 0.25) is 10.0 Å². The molecular formula is C25H19Cl2NO4. The van der Waals surface area contributed by atoms with Gasteiger partial charge < -0.3 is 18.9 Å². The molecular weight excluding hydrogens is 449 g/mol. The second-order valence-electron chi connectivity index (χ2n) is 6.90. The van der Waals surface area contributed by atoms with Gasteiger partial charge in [0, 0.05) is 15.6 Å². The summed E-state index contributed by atoms with van der Waals surface area (Å²) in [4.78, 5) is 0. The van der Waals surface area contributed by atoms with E-state index < -0.39 is 0 Å². The molecule has 32 heavy (non-hydrogen) atoms. The topological polar surface area (TPSA) is 60.7 Å². The molecule has 0 N–H and O–H groups in total. The molecule has 0 saturated carbocycles. The van der Waals surface area contributed by atoms with E-state index in [4.69, 9.17) is 42.1 Å². The smallest absolute Gasteiger partial charge is 0.231 e. The highest BCUT2D eigenvalue weighted by molar-refractivity contribution is 6.35. The van der Waals surface area contributed by atoms with Crippen LogP contribution >= 0.6 is 23.2 Å². The molecule has 0 fully saturated rings. The molecule has 0 aromatic heterocycles. The van der Waals surface area contributed by atoms with Crippen molar-refractivity contribution in [1.82, 2.24) is 0 Å². The molecule has 0 atom stereocenters. The number of fused-ring (bicyclic) bond motifs is 1.